The summed E-state index contributed by atoms with van der Waals surface area (Å²) >= 11 is 0. The summed E-state index contributed by atoms with van der Waals surface area (Å²) in [7, 11) is 0. The number of hydrogen-bond acceptors (Lipinski definition) is 3. The van der Waals surface area contributed by atoms with Crippen LogP contribution in [-0.4, -0.2) is 33.1 Å². The van der Waals surface area contributed by atoms with E-state index in [1.54, 1.807) is 4.90 Å². The molecule has 6 heteroatoms. The Bertz CT molecular complexity index is 990. The fourth-order valence-electron chi connectivity index (χ4n) is 3.69. The molecule has 1 aliphatic heterocycles. The summed E-state index contributed by atoms with van der Waals surface area (Å²) < 4.78 is 5.58. The highest BCUT2D eigenvalue weighted by molar-refractivity contribution is 7.59. The first-order chi connectivity index (χ1) is 12.3. The van der Waals surface area contributed by atoms with Crippen LogP contribution in [0.15, 0.2) is 30.3 Å². The number of fused-ring (bicyclic) bond motifs is 3. The number of imidazole rings is 1. The SMILES string of the molecule is Cc1ccc2c(ccc3[nH]c([C@@H]4CCCN4C(=O)OC(C)(C)C)nc32)c1.S. The molecule has 0 aliphatic carbocycles. The van der Waals surface area contributed by atoms with E-state index in [0.29, 0.717) is 6.54 Å². The predicted octanol–water partition coefficient (Wildman–Crippen LogP) is 5.21. The summed E-state index contributed by atoms with van der Waals surface area (Å²) in [5, 5.41) is 2.32. The first-order valence-electron chi connectivity index (χ1n) is 9.20. The molecule has 1 amide bonds. The highest BCUT2D eigenvalue weighted by atomic mass is 32.1. The van der Waals surface area contributed by atoms with Gasteiger partial charge in [-0.05, 0) is 52.0 Å². The lowest BCUT2D eigenvalue weighted by Gasteiger charge is -2.27. The summed E-state index contributed by atoms with van der Waals surface area (Å²) in [5.41, 5.74) is 2.71. The number of carbonyl (C=O) groups is 1. The minimum atomic E-state index is -0.494. The maximum Gasteiger partial charge on any atom is 0.410 e. The van der Waals surface area contributed by atoms with Crippen LogP contribution < -0.4 is 0 Å². The standard InChI is InChI=1S/C21H25N3O2.H2S/c1-13-7-9-15-14(12-13)8-10-16-18(15)23-19(22-16)17-6-5-11-24(17)20(25)26-21(2,3)4;/h7-10,12,17H,5-6,11H2,1-4H3,(H,22,23);1H2/t17-;/m0./s1. The van der Waals surface area contributed by atoms with E-state index in [0.717, 1.165) is 35.1 Å². The van der Waals surface area contributed by atoms with Crippen molar-refractivity contribution in [3.8, 4) is 0 Å². The summed E-state index contributed by atoms with van der Waals surface area (Å²) in [6.07, 6.45) is 1.60. The smallest absolute Gasteiger partial charge is 0.410 e. The van der Waals surface area contributed by atoms with Crippen molar-refractivity contribution in [3.05, 3.63) is 41.7 Å². The van der Waals surface area contributed by atoms with Gasteiger partial charge >= 0.3 is 6.09 Å². The number of nitrogens with zero attached hydrogens (tertiary/aromatic N) is 2. The molecule has 1 atom stereocenters. The second-order valence-corrected chi connectivity index (χ2v) is 8.14. The van der Waals surface area contributed by atoms with Crippen LogP contribution in [0.3, 0.4) is 0 Å². The average molecular weight is 386 g/mol. The minimum absolute atomic E-state index is 0. The van der Waals surface area contributed by atoms with Gasteiger partial charge in [-0.15, -0.1) is 0 Å². The molecular weight excluding hydrogens is 358 g/mol. The van der Waals surface area contributed by atoms with Gasteiger partial charge in [0.25, 0.3) is 0 Å². The van der Waals surface area contributed by atoms with E-state index in [9.17, 15) is 4.79 Å². The molecule has 1 aliphatic rings. The van der Waals surface area contributed by atoms with E-state index >= 15 is 0 Å². The maximum atomic E-state index is 12.6. The number of aryl methyl sites for hydroxylation is 1. The molecule has 0 spiro atoms. The van der Waals surface area contributed by atoms with Gasteiger partial charge in [0, 0.05) is 11.9 Å². The molecule has 0 bridgehead atoms. The summed E-state index contributed by atoms with van der Waals surface area (Å²) in [6, 6.07) is 10.5. The minimum Gasteiger partial charge on any atom is -0.444 e. The number of ether oxygens (including phenoxy) is 1. The number of aromatic nitrogens is 2. The largest absolute Gasteiger partial charge is 0.444 e. The van der Waals surface area contributed by atoms with Crippen molar-refractivity contribution in [1.82, 2.24) is 14.9 Å². The number of carbonyl (C=O) groups excluding carboxylic acids is 1. The van der Waals surface area contributed by atoms with Crippen LogP contribution in [0, 0.1) is 6.92 Å². The summed E-state index contributed by atoms with van der Waals surface area (Å²) in [6.45, 7) is 8.48. The van der Waals surface area contributed by atoms with E-state index < -0.39 is 5.60 Å². The lowest BCUT2D eigenvalue weighted by atomic mass is 10.1. The fourth-order valence-corrected chi connectivity index (χ4v) is 3.69. The van der Waals surface area contributed by atoms with Crippen LogP contribution in [0.4, 0.5) is 4.79 Å². The summed E-state index contributed by atoms with van der Waals surface area (Å²) in [4.78, 5) is 22.7. The van der Waals surface area contributed by atoms with Gasteiger partial charge in [0.1, 0.15) is 11.4 Å². The van der Waals surface area contributed by atoms with E-state index in [1.165, 1.54) is 10.9 Å². The second-order valence-electron chi connectivity index (χ2n) is 8.14. The van der Waals surface area contributed by atoms with Crippen molar-refractivity contribution in [1.29, 1.82) is 0 Å². The van der Waals surface area contributed by atoms with Crippen molar-refractivity contribution < 1.29 is 9.53 Å². The Morgan fingerprint density at radius 2 is 2.04 bits per heavy atom. The number of hydrogen-bond donors (Lipinski definition) is 1. The molecule has 1 fully saturated rings. The maximum absolute atomic E-state index is 12.6. The lowest BCUT2D eigenvalue weighted by Crippen LogP contribution is -2.36. The Morgan fingerprint density at radius 3 is 2.78 bits per heavy atom. The van der Waals surface area contributed by atoms with Crippen LogP contribution in [-0.2, 0) is 4.74 Å². The zero-order valence-electron chi connectivity index (χ0n) is 16.3. The van der Waals surface area contributed by atoms with Gasteiger partial charge in [-0.25, -0.2) is 9.78 Å². The molecule has 5 nitrogen and oxygen atoms in total. The topological polar surface area (TPSA) is 58.2 Å². The van der Waals surface area contributed by atoms with Gasteiger partial charge in [0.15, 0.2) is 0 Å². The molecule has 4 rings (SSSR count). The van der Waals surface area contributed by atoms with Gasteiger partial charge in [-0.1, -0.05) is 29.8 Å². The van der Waals surface area contributed by atoms with Gasteiger partial charge in [0.05, 0.1) is 17.1 Å². The molecule has 1 aromatic heterocycles. The number of rotatable bonds is 1. The molecule has 0 saturated carbocycles. The van der Waals surface area contributed by atoms with Gasteiger partial charge in [-0.2, -0.15) is 13.5 Å². The van der Waals surface area contributed by atoms with Gasteiger partial charge < -0.3 is 9.72 Å². The normalized spacial score (nSPS) is 17.3. The Labute approximate surface area is 166 Å². The third-order valence-corrected chi connectivity index (χ3v) is 4.84. The van der Waals surface area contributed by atoms with E-state index in [-0.39, 0.29) is 25.6 Å². The van der Waals surface area contributed by atoms with Crippen molar-refractivity contribution >= 4 is 41.4 Å². The third-order valence-electron chi connectivity index (χ3n) is 4.84. The monoisotopic (exact) mass is 385 g/mol. The molecule has 2 heterocycles. The number of amides is 1. The van der Waals surface area contributed by atoms with Crippen LogP contribution in [0.2, 0.25) is 0 Å². The Morgan fingerprint density at radius 1 is 1.26 bits per heavy atom. The van der Waals surface area contributed by atoms with Crippen molar-refractivity contribution in [2.24, 2.45) is 0 Å². The van der Waals surface area contributed by atoms with Crippen molar-refractivity contribution in [2.45, 2.75) is 52.2 Å². The van der Waals surface area contributed by atoms with E-state index in [2.05, 4.69) is 42.2 Å². The molecule has 1 saturated heterocycles. The zero-order valence-corrected chi connectivity index (χ0v) is 17.3. The highest BCUT2D eigenvalue weighted by Crippen LogP contribution is 2.34. The van der Waals surface area contributed by atoms with Crippen molar-refractivity contribution in [2.75, 3.05) is 6.54 Å². The van der Waals surface area contributed by atoms with Crippen LogP contribution in [0.1, 0.15) is 51.0 Å². The van der Waals surface area contributed by atoms with Crippen LogP contribution in [0.25, 0.3) is 21.8 Å². The second kappa shape index (κ2) is 7.08. The lowest BCUT2D eigenvalue weighted by molar-refractivity contribution is 0.0219. The first kappa shape index (κ1) is 19.5. The fraction of sp³-hybridized carbons (Fsp3) is 0.429. The molecular formula is C21H27N3O2S. The first-order valence-corrected chi connectivity index (χ1v) is 9.20. The quantitative estimate of drug-likeness (QED) is 0.625. The Balaban J connectivity index is 0.00000210. The van der Waals surface area contributed by atoms with E-state index in [1.807, 2.05) is 20.8 Å². The van der Waals surface area contributed by atoms with Crippen LogP contribution in [0.5, 0.6) is 0 Å². The molecule has 3 aromatic rings. The molecule has 144 valence electrons. The van der Waals surface area contributed by atoms with Crippen LogP contribution >= 0.6 is 13.5 Å². The molecule has 2 aromatic carbocycles. The number of aromatic amines is 1. The zero-order chi connectivity index (χ0) is 18.5. The van der Waals surface area contributed by atoms with Gasteiger partial charge in [0.2, 0.25) is 0 Å². The number of H-pyrrole nitrogens is 1. The highest BCUT2D eigenvalue weighted by Gasteiger charge is 2.35. The van der Waals surface area contributed by atoms with Gasteiger partial charge in [-0.3, -0.25) is 4.90 Å². The average Bonchev–Trinajstić information content (AvgIpc) is 3.19. The summed E-state index contributed by atoms with van der Waals surface area (Å²) in [5.74, 6) is 0.844. The van der Waals surface area contributed by atoms with Crippen molar-refractivity contribution in [3.63, 3.8) is 0 Å². The molecule has 27 heavy (non-hydrogen) atoms. The number of nitrogens with one attached hydrogen (secondary N) is 1. The Hall–Kier alpha value is -2.21. The molecule has 1 N–H and O–H groups in total. The predicted molar refractivity (Wildman–Crippen MR) is 114 cm³/mol. The molecule has 0 radical (unpaired) electrons. The third kappa shape index (κ3) is 3.76. The van der Waals surface area contributed by atoms with E-state index in [4.69, 9.17) is 9.72 Å². The molecule has 0 unspecified atom stereocenters. The number of likely N-dealkylation sites (tertiary alicyclic amines) is 1. The Kier molecular flexibility index (Phi) is 5.12. The number of benzene rings is 2.